The van der Waals surface area contributed by atoms with Crippen LogP contribution < -0.4 is 10.6 Å². The van der Waals surface area contributed by atoms with Gasteiger partial charge in [-0.25, -0.2) is 8.42 Å². The number of hydrogen-bond donors (Lipinski definition) is 2. The Morgan fingerprint density at radius 1 is 1.17 bits per heavy atom. The second kappa shape index (κ2) is 13.2. The first kappa shape index (κ1) is 22.9. The van der Waals surface area contributed by atoms with Crippen molar-refractivity contribution in [2.45, 2.75) is 51.6 Å². The van der Waals surface area contributed by atoms with Crippen LogP contribution in [0.4, 0.5) is 0 Å². The normalized spacial score (nSPS) is 16.7. The molecule has 1 rings (SSSR count). The molecule has 0 bridgehead atoms. The van der Waals surface area contributed by atoms with Crippen LogP contribution in [0.25, 0.3) is 0 Å². The van der Waals surface area contributed by atoms with E-state index in [0.29, 0.717) is 18.6 Å². The molecular weight excluding hydrogens is 429 g/mol. The van der Waals surface area contributed by atoms with E-state index in [0.717, 1.165) is 19.6 Å². The zero-order valence-corrected chi connectivity index (χ0v) is 17.5. The third-order valence-corrected chi connectivity index (χ3v) is 5.59. The van der Waals surface area contributed by atoms with Gasteiger partial charge in [0.2, 0.25) is 0 Å². The van der Waals surface area contributed by atoms with Crippen LogP contribution >= 0.6 is 24.0 Å². The van der Waals surface area contributed by atoms with Crippen molar-refractivity contribution in [1.29, 1.82) is 0 Å². The predicted molar refractivity (Wildman–Crippen MR) is 107 cm³/mol. The van der Waals surface area contributed by atoms with Crippen LogP contribution in [0, 0.1) is 0 Å². The van der Waals surface area contributed by atoms with Gasteiger partial charge in [-0.3, -0.25) is 4.99 Å². The first-order valence-corrected chi connectivity index (χ1v) is 10.2. The zero-order valence-electron chi connectivity index (χ0n) is 14.3. The van der Waals surface area contributed by atoms with Gasteiger partial charge in [0, 0.05) is 32.5 Å². The third kappa shape index (κ3) is 11.1. The molecule has 1 aliphatic rings. The van der Waals surface area contributed by atoms with Crippen LogP contribution in [0.15, 0.2) is 4.99 Å². The molecule has 23 heavy (non-hydrogen) atoms. The summed E-state index contributed by atoms with van der Waals surface area (Å²) in [5.74, 6) is 0.956. The fourth-order valence-electron chi connectivity index (χ4n) is 2.45. The highest BCUT2D eigenvalue weighted by Gasteiger charge is 2.13. The maximum Gasteiger partial charge on any atom is 0.191 e. The average molecular weight is 461 g/mol. The van der Waals surface area contributed by atoms with E-state index in [4.69, 9.17) is 4.74 Å². The van der Waals surface area contributed by atoms with Crippen molar-refractivity contribution in [3.63, 3.8) is 0 Å². The van der Waals surface area contributed by atoms with Crippen molar-refractivity contribution in [2.24, 2.45) is 4.99 Å². The molecule has 0 aliphatic heterocycles. The highest BCUT2D eigenvalue weighted by Crippen LogP contribution is 2.20. The molecule has 0 aromatic carbocycles. The van der Waals surface area contributed by atoms with Crippen molar-refractivity contribution in [3.05, 3.63) is 0 Å². The third-order valence-electron chi connectivity index (χ3n) is 3.89. The molecule has 0 saturated heterocycles. The largest absolute Gasteiger partial charge is 0.378 e. The molecule has 2 N–H and O–H groups in total. The molecule has 0 heterocycles. The molecule has 0 radical (unpaired) electrons. The van der Waals surface area contributed by atoms with Gasteiger partial charge in [0.05, 0.1) is 11.9 Å². The van der Waals surface area contributed by atoms with Crippen LogP contribution in [-0.2, 0) is 14.6 Å². The molecule has 1 fully saturated rings. The summed E-state index contributed by atoms with van der Waals surface area (Å²) in [6.07, 6.45) is 7.69. The molecule has 1 aliphatic carbocycles. The van der Waals surface area contributed by atoms with E-state index in [1.165, 1.54) is 32.1 Å². The van der Waals surface area contributed by atoms with E-state index in [1.54, 1.807) is 14.0 Å². The van der Waals surface area contributed by atoms with Crippen molar-refractivity contribution >= 4 is 39.8 Å². The highest BCUT2D eigenvalue weighted by molar-refractivity contribution is 14.0. The number of nitrogens with one attached hydrogen (secondary N) is 2. The second-order valence-electron chi connectivity index (χ2n) is 5.65. The highest BCUT2D eigenvalue weighted by atomic mass is 127. The Labute approximate surface area is 158 Å². The topological polar surface area (TPSA) is 79.8 Å². The maximum absolute atomic E-state index is 11.4. The molecule has 0 unspecified atom stereocenters. The van der Waals surface area contributed by atoms with Gasteiger partial charge >= 0.3 is 0 Å². The standard InChI is InChI=1S/C15H31N3O3S.HI/c1-3-22(19,20)13-11-18-15(16-2)17-10-7-12-21-14-8-5-4-6-9-14;/h14H,3-13H2,1-2H3,(H2,16,17,18);1H. The fourth-order valence-corrected chi connectivity index (χ4v) is 3.15. The Morgan fingerprint density at radius 3 is 2.43 bits per heavy atom. The van der Waals surface area contributed by atoms with Crippen molar-refractivity contribution in [1.82, 2.24) is 10.6 Å². The Hall–Kier alpha value is -0.0900. The lowest BCUT2D eigenvalue weighted by atomic mass is 9.98. The summed E-state index contributed by atoms with van der Waals surface area (Å²) in [6.45, 7) is 3.58. The maximum atomic E-state index is 11.4. The van der Waals surface area contributed by atoms with E-state index in [9.17, 15) is 8.42 Å². The number of aliphatic imine (C=N–C) groups is 1. The number of rotatable bonds is 9. The lowest BCUT2D eigenvalue weighted by Gasteiger charge is -2.22. The van der Waals surface area contributed by atoms with Crippen LogP contribution in [-0.4, -0.2) is 58.7 Å². The first-order chi connectivity index (χ1) is 10.6. The second-order valence-corrected chi connectivity index (χ2v) is 8.12. The van der Waals surface area contributed by atoms with Gasteiger partial charge in [0.15, 0.2) is 15.8 Å². The Morgan fingerprint density at radius 2 is 1.83 bits per heavy atom. The number of guanidine groups is 1. The first-order valence-electron chi connectivity index (χ1n) is 8.34. The molecule has 138 valence electrons. The quantitative estimate of drug-likeness (QED) is 0.238. The smallest absolute Gasteiger partial charge is 0.191 e. The number of nitrogens with zero attached hydrogens (tertiary/aromatic N) is 1. The molecule has 6 nitrogen and oxygen atoms in total. The van der Waals surface area contributed by atoms with E-state index in [2.05, 4.69) is 15.6 Å². The van der Waals surface area contributed by atoms with Crippen molar-refractivity contribution in [3.8, 4) is 0 Å². The molecule has 0 aromatic rings. The molecule has 0 amide bonds. The fraction of sp³-hybridized carbons (Fsp3) is 0.933. The predicted octanol–water partition coefficient (Wildman–Crippen LogP) is 1.94. The van der Waals surface area contributed by atoms with Crippen LogP contribution in [0.1, 0.15) is 45.4 Å². The Kier molecular flexibility index (Phi) is 13.2. The van der Waals surface area contributed by atoms with Gasteiger partial charge < -0.3 is 15.4 Å². The number of ether oxygens (including phenoxy) is 1. The van der Waals surface area contributed by atoms with Crippen LogP contribution in [0.2, 0.25) is 0 Å². The lowest BCUT2D eigenvalue weighted by molar-refractivity contribution is 0.0277. The van der Waals surface area contributed by atoms with Crippen molar-refractivity contribution < 1.29 is 13.2 Å². The minimum atomic E-state index is -2.93. The van der Waals surface area contributed by atoms with E-state index in [-0.39, 0.29) is 35.5 Å². The van der Waals surface area contributed by atoms with Crippen LogP contribution in [0.3, 0.4) is 0 Å². The van der Waals surface area contributed by atoms with Gasteiger partial charge in [0.25, 0.3) is 0 Å². The number of hydrogen-bond acceptors (Lipinski definition) is 4. The van der Waals surface area contributed by atoms with Gasteiger partial charge in [-0.05, 0) is 19.3 Å². The van der Waals surface area contributed by atoms with E-state index < -0.39 is 9.84 Å². The minimum absolute atomic E-state index is 0. The van der Waals surface area contributed by atoms with Gasteiger partial charge in [-0.2, -0.15) is 0 Å². The number of sulfone groups is 1. The van der Waals surface area contributed by atoms with Crippen LogP contribution in [0.5, 0.6) is 0 Å². The summed E-state index contributed by atoms with van der Waals surface area (Å²) in [5.41, 5.74) is 0. The summed E-state index contributed by atoms with van der Waals surface area (Å²) in [4.78, 5) is 4.08. The summed E-state index contributed by atoms with van der Waals surface area (Å²) < 4.78 is 28.7. The van der Waals surface area contributed by atoms with E-state index >= 15 is 0 Å². The van der Waals surface area contributed by atoms with Gasteiger partial charge in [-0.15, -0.1) is 24.0 Å². The van der Waals surface area contributed by atoms with Gasteiger partial charge in [-0.1, -0.05) is 26.2 Å². The molecule has 1 saturated carbocycles. The zero-order chi connectivity index (χ0) is 16.3. The average Bonchev–Trinajstić information content (AvgIpc) is 2.53. The number of halogens is 1. The summed E-state index contributed by atoms with van der Waals surface area (Å²) >= 11 is 0. The van der Waals surface area contributed by atoms with E-state index in [1.807, 2.05) is 0 Å². The molecule has 0 atom stereocenters. The molecule has 0 aromatic heterocycles. The summed E-state index contributed by atoms with van der Waals surface area (Å²) in [6, 6.07) is 0. The summed E-state index contributed by atoms with van der Waals surface area (Å²) in [5, 5.41) is 6.19. The Balaban J connectivity index is 0.00000484. The lowest BCUT2D eigenvalue weighted by Crippen LogP contribution is -2.40. The monoisotopic (exact) mass is 461 g/mol. The molecular formula is C15H32IN3O3S. The van der Waals surface area contributed by atoms with Gasteiger partial charge in [0.1, 0.15) is 0 Å². The molecule has 8 heteroatoms. The molecule has 0 spiro atoms. The summed E-state index contributed by atoms with van der Waals surface area (Å²) in [7, 11) is -1.25. The SMILES string of the molecule is CCS(=O)(=O)CCNC(=NC)NCCCOC1CCCCC1.I. The van der Waals surface area contributed by atoms with Crippen molar-refractivity contribution in [2.75, 3.05) is 38.2 Å². The minimum Gasteiger partial charge on any atom is -0.378 e. The Bertz CT molecular complexity index is 424.